The summed E-state index contributed by atoms with van der Waals surface area (Å²) in [6, 6.07) is 0. The van der Waals surface area contributed by atoms with Crippen molar-refractivity contribution in [2.45, 2.75) is 166 Å². The molecule has 0 radical (unpaired) electrons. The number of carbonyl (C=O) groups is 2. The van der Waals surface area contributed by atoms with Gasteiger partial charge in [-0.1, -0.05) is 34.6 Å². The molecule has 5 aliphatic heterocycles. The molecule has 0 aliphatic carbocycles. The highest BCUT2D eigenvalue weighted by molar-refractivity contribution is 5.70. The monoisotopic (exact) mass is 714 g/mol. The third-order valence-electron chi connectivity index (χ3n) is 13.0. The Morgan fingerprint density at radius 3 is 2.32 bits per heavy atom. The lowest BCUT2D eigenvalue weighted by Gasteiger charge is -2.48. The molecule has 5 rings (SSSR count). The van der Waals surface area contributed by atoms with Crippen LogP contribution in [0.5, 0.6) is 0 Å². The first-order chi connectivity index (χ1) is 23.3. The van der Waals surface area contributed by atoms with Crippen molar-refractivity contribution in [3.05, 3.63) is 0 Å². The Kier molecular flexibility index (Phi) is 11.8. The smallest absolute Gasteiger partial charge is 0.308 e. The van der Waals surface area contributed by atoms with Gasteiger partial charge in [0.05, 0.1) is 60.9 Å². The SMILES string of the molecule is CO[C@H]([C@H](C)[C@H]1O[C@@]2(CC[C@@](C)([C@H]3CC[C@@](CO)([C@@H]4O[C@@H]([C@H]5O[C@@](O)(COC(C)=O)[C@H](C)C[C@@H]5C)C[C@@H]4C)O3)O2)C[C@H](O)[C@H]1C)[C@H](C)C(=O)O. The molecule has 0 saturated carbocycles. The number of carbonyl (C=O) groups excluding carboxylic acids is 1. The lowest BCUT2D eigenvalue weighted by molar-refractivity contribution is -0.336. The van der Waals surface area contributed by atoms with E-state index in [2.05, 4.69) is 13.8 Å². The van der Waals surface area contributed by atoms with Crippen molar-refractivity contribution >= 4 is 11.9 Å². The Morgan fingerprint density at radius 2 is 1.70 bits per heavy atom. The van der Waals surface area contributed by atoms with Gasteiger partial charge >= 0.3 is 11.9 Å². The molecule has 4 N–H and O–H groups in total. The van der Waals surface area contributed by atoms with Crippen molar-refractivity contribution < 1.29 is 63.2 Å². The zero-order valence-corrected chi connectivity index (χ0v) is 31.3. The van der Waals surface area contributed by atoms with E-state index in [4.69, 9.17) is 33.2 Å². The van der Waals surface area contributed by atoms with Gasteiger partial charge in [-0.3, -0.25) is 9.59 Å². The molecule has 0 amide bonds. The minimum Gasteiger partial charge on any atom is -0.481 e. The molecule has 13 heteroatoms. The van der Waals surface area contributed by atoms with Gasteiger partial charge in [-0.25, -0.2) is 0 Å². The standard InChI is InChI=1S/C37H62O13/c1-19-14-21(3)37(43,18-45-25(7)39)49-29(19)27-15-20(2)32(46-27)35(17-38)11-10-28(47-35)34(8)12-13-36(50-34)16-26(40)22(4)31(48-36)23(5)30(44-9)24(6)33(41)42/h19-24,26-32,38,40,43H,10-18H2,1-9H3,(H,41,42)/t19-,20-,21+,22+,23-,24-,26-,27+,28+,29-,30+,31-,32+,34-,35+,36+,37-/m0/s1. The first-order valence-corrected chi connectivity index (χ1v) is 18.6. The number of hydrogen-bond donors (Lipinski definition) is 4. The van der Waals surface area contributed by atoms with Crippen LogP contribution in [0.15, 0.2) is 0 Å². The zero-order valence-electron chi connectivity index (χ0n) is 31.3. The summed E-state index contributed by atoms with van der Waals surface area (Å²) in [5.74, 6) is -5.65. The fourth-order valence-corrected chi connectivity index (χ4v) is 9.85. The Hall–Kier alpha value is -1.42. The molecule has 17 atom stereocenters. The van der Waals surface area contributed by atoms with E-state index >= 15 is 0 Å². The molecule has 288 valence electrons. The van der Waals surface area contributed by atoms with Crippen LogP contribution in [0, 0.1) is 35.5 Å². The summed E-state index contributed by atoms with van der Waals surface area (Å²) in [7, 11) is 1.50. The minimum atomic E-state index is -1.62. The number of esters is 1. The van der Waals surface area contributed by atoms with Crippen LogP contribution in [0.25, 0.3) is 0 Å². The topological polar surface area (TPSA) is 180 Å². The van der Waals surface area contributed by atoms with Crippen LogP contribution in [0.2, 0.25) is 0 Å². The Bertz CT molecular complexity index is 1220. The van der Waals surface area contributed by atoms with Gasteiger partial charge in [-0.15, -0.1) is 0 Å². The molecule has 13 nitrogen and oxygen atoms in total. The highest BCUT2D eigenvalue weighted by atomic mass is 16.7. The molecule has 5 heterocycles. The van der Waals surface area contributed by atoms with E-state index < -0.39 is 71.2 Å². The third-order valence-corrected chi connectivity index (χ3v) is 13.0. The summed E-state index contributed by atoms with van der Waals surface area (Å²) in [6.07, 6.45) is 0.469. The normalized spacial score (nSPS) is 48.4. The average Bonchev–Trinajstić information content (AvgIpc) is 3.76. The highest BCUT2D eigenvalue weighted by Gasteiger charge is 2.62. The fourth-order valence-electron chi connectivity index (χ4n) is 9.85. The van der Waals surface area contributed by atoms with E-state index in [9.17, 15) is 30.0 Å². The number of hydrogen-bond acceptors (Lipinski definition) is 12. The van der Waals surface area contributed by atoms with E-state index in [0.717, 1.165) is 0 Å². The van der Waals surface area contributed by atoms with E-state index in [1.54, 1.807) is 6.92 Å². The second-order valence-corrected chi connectivity index (χ2v) is 16.7. The minimum absolute atomic E-state index is 0.0220. The lowest BCUT2D eigenvalue weighted by Crippen LogP contribution is -2.57. The maximum atomic E-state index is 11.8. The van der Waals surface area contributed by atoms with Gasteiger partial charge in [0.2, 0.25) is 5.79 Å². The molecule has 0 aromatic heterocycles. The summed E-state index contributed by atoms with van der Waals surface area (Å²) < 4.78 is 44.2. The molecule has 1 spiro atoms. The summed E-state index contributed by atoms with van der Waals surface area (Å²) in [5, 5.41) is 43.2. The predicted molar refractivity (Wildman–Crippen MR) is 179 cm³/mol. The summed E-state index contributed by atoms with van der Waals surface area (Å²) in [4.78, 5) is 23.4. The second kappa shape index (κ2) is 14.8. The predicted octanol–water partition coefficient (Wildman–Crippen LogP) is 3.43. The van der Waals surface area contributed by atoms with Crippen molar-refractivity contribution in [2.75, 3.05) is 20.3 Å². The van der Waals surface area contributed by atoms with Crippen LogP contribution in [0.1, 0.15) is 100 Å². The Morgan fingerprint density at radius 1 is 1.00 bits per heavy atom. The molecular weight excluding hydrogens is 652 g/mol. The maximum absolute atomic E-state index is 11.8. The van der Waals surface area contributed by atoms with Gasteiger partial charge in [-0.05, 0) is 57.8 Å². The van der Waals surface area contributed by atoms with Crippen molar-refractivity contribution in [2.24, 2.45) is 35.5 Å². The van der Waals surface area contributed by atoms with E-state index in [1.165, 1.54) is 14.0 Å². The van der Waals surface area contributed by atoms with Crippen LogP contribution in [0.4, 0.5) is 0 Å². The van der Waals surface area contributed by atoms with Crippen molar-refractivity contribution in [3.8, 4) is 0 Å². The van der Waals surface area contributed by atoms with Gasteiger partial charge in [0, 0.05) is 44.6 Å². The molecule has 0 aromatic carbocycles. The van der Waals surface area contributed by atoms with Gasteiger partial charge in [0.1, 0.15) is 12.2 Å². The number of carboxylic acid groups (broad SMARTS) is 1. The Balaban J connectivity index is 1.28. The molecule has 0 aromatic rings. The average molecular weight is 715 g/mol. The molecule has 50 heavy (non-hydrogen) atoms. The van der Waals surface area contributed by atoms with Crippen LogP contribution in [-0.4, -0.2) is 118 Å². The number of aliphatic carboxylic acids is 1. The lowest BCUT2D eigenvalue weighted by atomic mass is 9.78. The summed E-state index contributed by atoms with van der Waals surface area (Å²) >= 11 is 0. The number of aliphatic hydroxyl groups excluding tert-OH is 2. The third kappa shape index (κ3) is 7.37. The Labute approximate surface area is 296 Å². The number of rotatable bonds is 11. The first kappa shape index (κ1) is 39.8. The van der Waals surface area contributed by atoms with E-state index in [0.29, 0.717) is 38.5 Å². The molecule has 0 bridgehead atoms. The fraction of sp³-hybridized carbons (Fsp3) is 0.946. The molecule has 5 aliphatic rings. The van der Waals surface area contributed by atoms with Gasteiger partial charge < -0.3 is 53.6 Å². The van der Waals surface area contributed by atoms with Crippen LogP contribution < -0.4 is 0 Å². The van der Waals surface area contributed by atoms with Gasteiger partial charge in [-0.2, -0.15) is 0 Å². The number of aliphatic hydroxyl groups is 3. The van der Waals surface area contributed by atoms with Gasteiger partial charge in [0.15, 0.2) is 5.79 Å². The van der Waals surface area contributed by atoms with Gasteiger partial charge in [0.25, 0.3) is 0 Å². The number of carboxylic acids is 1. The first-order valence-electron chi connectivity index (χ1n) is 18.6. The van der Waals surface area contributed by atoms with Crippen molar-refractivity contribution in [1.29, 1.82) is 0 Å². The quantitative estimate of drug-likeness (QED) is 0.229. The summed E-state index contributed by atoms with van der Waals surface area (Å²) in [6.45, 7) is 14.3. The molecule has 5 saturated heterocycles. The van der Waals surface area contributed by atoms with E-state index in [-0.39, 0.29) is 61.4 Å². The van der Waals surface area contributed by atoms with E-state index in [1.807, 2.05) is 27.7 Å². The largest absolute Gasteiger partial charge is 0.481 e. The van der Waals surface area contributed by atoms with Crippen LogP contribution >= 0.6 is 0 Å². The molecular formula is C37H62O13. The van der Waals surface area contributed by atoms with Crippen LogP contribution in [0.3, 0.4) is 0 Å². The molecule has 5 fully saturated rings. The van der Waals surface area contributed by atoms with Crippen molar-refractivity contribution in [1.82, 2.24) is 0 Å². The number of methoxy groups -OCH3 is 1. The van der Waals surface area contributed by atoms with Crippen LogP contribution in [-0.2, 0) is 42.7 Å². The highest BCUT2D eigenvalue weighted by Crippen LogP contribution is 2.54. The second-order valence-electron chi connectivity index (χ2n) is 16.7. The molecule has 0 unspecified atom stereocenters. The zero-order chi connectivity index (χ0) is 37.0. The summed E-state index contributed by atoms with van der Waals surface area (Å²) in [5.41, 5.74) is -1.75. The maximum Gasteiger partial charge on any atom is 0.308 e. The number of ether oxygens (including phenoxy) is 7. The van der Waals surface area contributed by atoms with Crippen molar-refractivity contribution in [3.63, 3.8) is 0 Å².